The second-order valence-electron chi connectivity index (χ2n) is 7.34. The SMILES string of the molecule is CC(C)N1CCC(C(=O)Nc2ccccc2CNC(=O)c2ccc(Cl)s2)CC1.Cl. The van der Waals surface area contributed by atoms with E-state index in [4.69, 9.17) is 11.6 Å². The number of likely N-dealkylation sites (tertiary alicyclic amines) is 1. The van der Waals surface area contributed by atoms with Crippen molar-refractivity contribution in [2.24, 2.45) is 5.92 Å². The zero-order valence-corrected chi connectivity index (χ0v) is 19.0. The summed E-state index contributed by atoms with van der Waals surface area (Å²) in [6.07, 6.45) is 1.75. The zero-order chi connectivity index (χ0) is 20.1. The quantitative estimate of drug-likeness (QED) is 0.656. The van der Waals surface area contributed by atoms with Crippen molar-refractivity contribution >= 4 is 52.8 Å². The highest BCUT2D eigenvalue weighted by molar-refractivity contribution is 7.17. The van der Waals surface area contributed by atoms with Crippen LogP contribution in [0.25, 0.3) is 0 Å². The number of benzene rings is 1. The van der Waals surface area contributed by atoms with Gasteiger partial charge in [0.05, 0.1) is 9.21 Å². The van der Waals surface area contributed by atoms with Gasteiger partial charge in [-0.25, -0.2) is 0 Å². The van der Waals surface area contributed by atoms with E-state index in [0.29, 0.717) is 21.8 Å². The number of piperidine rings is 1. The molecular formula is C21H27Cl2N3O2S. The molecule has 29 heavy (non-hydrogen) atoms. The largest absolute Gasteiger partial charge is 0.347 e. The fourth-order valence-electron chi connectivity index (χ4n) is 3.41. The molecule has 0 aliphatic carbocycles. The van der Waals surface area contributed by atoms with Crippen LogP contribution in [0.4, 0.5) is 5.69 Å². The predicted octanol–water partition coefficient (Wildman–Crippen LogP) is 4.81. The molecule has 0 spiro atoms. The molecule has 1 aromatic carbocycles. The predicted molar refractivity (Wildman–Crippen MR) is 122 cm³/mol. The van der Waals surface area contributed by atoms with E-state index >= 15 is 0 Å². The van der Waals surface area contributed by atoms with Gasteiger partial charge in [-0.2, -0.15) is 0 Å². The Morgan fingerprint density at radius 3 is 2.48 bits per heavy atom. The van der Waals surface area contributed by atoms with Gasteiger partial charge in [-0.15, -0.1) is 23.7 Å². The Morgan fingerprint density at radius 2 is 1.86 bits per heavy atom. The molecule has 158 valence electrons. The van der Waals surface area contributed by atoms with Crippen LogP contribution in [0.5, 0.6) is 0 Å². The number of carbonyl (C=O) groups is 2. The molecule has 2 heterocycles. The van der Waals surface area contributed by atoms with Crippen LogP contribution in [-0.2, 0) is 11.3 Å². The molecule has 2 aromatic rings. The number of hydrogen-bond donors (Lipinski definition) is 2. The molecule has 1 aliphatic rings. The van der Waals surface area contributed by atoms with Gasteiger partial charge in [0.25, 0.3) is 5.91 Å². The number of amides is 2. The van der Waals surface area contributed by atoms with E-state index in [0.717, 1.165) is 37.2 Å². The minimum atomic E-state index is -0.168. The van der Waals surface area contributed by atoms with Crippen molar-refractivity contribution in [1.82, 2.24) is 10.2 Å². The molecule has 2 N–H and O–H groups in total. The molecule has 0 atom stereocenters. The van der Waals surface area contributed by atoms with E-state index in [2.05, 4.69) is 29.4 Å². The van der Waals surface area contributed by atoms with E-state index < -0.39 is 0 Å². The van der Waals surface area contributed by atoms with Gasteiger partial charge in [-0.3, -0.25) is 9.59 Å². The van der Waals surface area contributed by atoms with Gasteiger partial charge in [0.1, 0.15) is 0 Å². The van der Waals surface area contributed by atoms with E-state index in [1.165, 1.54) is 11.3 Å². The van der Waals surface area contributed by atoms with Crippen molar-refractivity contribution in [3.05, 3.63) is 51.2 Å². The summed E-state index contributed by atoms with van der Waals surface area (Å²) in [5, 5.41) is 5.96. The number of carbonyl (C=O) groups excluding carboxylic acids is 2. The average Bonchev–Trinajstić information content (AvgIpc) is 3.13. The number of rotatable bonds is 6. The Labute approximate surface area is 187 Å². The van der Waals surface area contributed by atoms with E-state index in [9.17, 15) is 9.59 Å². The van der Waals surface area contributed by atoms with Gasteiger partial charge in [0, 0.05) is 24.2 Å². The lowest BCUT2D eigenvalue weighted by molar-refractivity contribution is -0.121. The number of nitrogens with zero attached hydrogens (tertiary/aromatic N) is 1. The summed E-state index contributed by atoms with van der Waals surface area (Å²) < 4.78 is 0.585. The molecule has 0 radical (unpaired) electrons. The Morgan fingerprint density at radius 1 is 1.17 bits per heavy atom. The highest BCUT2D eigenvalue weighted by Gasteiger charge is 2.26. The molecule has 0 unspecified atom stereocenters. The van der Waals surface area contributed by atoms with Crippen molar-refractivity contribution in [1.29, 1.82) is 0 Å². The molecule has 1 aliphatic heterocycles. The summed E-state index contributed by atoms with van der Waals surface area (Å²) >= 11 is 7.14. The number of halogens is 2. The lowest BCUT2D eigenvalue weighted by Gasteiger charge is -2.34. The zero-order valence-electron chi connectivity index (χ0n) is 16.6. The molecule has 2 amide bonds. The fourth-order valence-corrected chi connectivity index (χ4v) is 4.37. The summed E-state index contributed by atoms with van der Waals surface area (Å²) in [5.41, 5.74) is 1.63. The number of thiophene rings is 1. The molecule has 0 saturated carbocycles. The first-order valence-electron chi connectivity index (χ1n) is 9.60. The van der Waals surface area contributed by atoms with Crippen molar-refractivity contribution in [3.63, 3.8) is 0 Å². The van der Waals surface area contributed by atoms with Crippen LogP contribution in [-0.4, -0.2) is 35.8 Å². The van der Waals surface area contributed by atoms with Crippen LogP contribution in [0, 0.1) is 5.92 Å². The Bertz CT molecular complexity index is 833. The van der Waals surface area contributed by atoms with Crippen LogP contribution >= 0.6 is 35.3 Å². The van der Waals surface area contributed by atoms with Gasteiger partial charge in [0.2, 0.25) is 5.91 Å². The van der Waals surface area contributed by atoms with Gasteiger partial charge in [-0.05, 0) is 63.5 Å². The summed E-state index contributed by atoms with van der Waals surface area (Å²) in [6.45, 7) is 6.63. The van der Waals surface area contributed by atoms with E-state index in [1.807, 2.05) is 24.3 Å². The van der Waals surface area contributed by atoms with Crippen molar-refractivity contribution in [2.45, 2.75) is 39.3 Å². The summed E-state index contributed by atoms with van der Waals surface area (Å²) in [6, 6.07) is 11.5. The molecule has 1 aromatic heterocycles. The number of hydrogen-bond acceptors (Lipinski definition) is 4. The highest BCUT2D eigenvalue weighted by Crippen LogP contribution is 2.23. The number of para-hydroxylation sites is 1. The van der Waals surface area contributed by atoms with Gasteiger partial charge < -0.3 is 15.5 Å². The van der Waals surface area contributed by atoms with Gasteiger partial charge >= 0.3 is 0 Å². The minimum absolute atomic E-state index is 0. The van der Waals surface area contributed by atoms with Crippen molar-refractivity contribution < 1.29 is 9.59 Å². The minimum Gasteiger partial charge on any atom is -0.347 e. The molecule has 1 saturated heterocycles. The summed E-state index contributed by atoms with van der Waals surface area (Å²) in [4.78, 5) is 28.0. The fraction of sp³-hybridized carbons (Fsp3) is 0.429. The van der Waals surface area contributed by atoms with Crippen LogP contribution in [0.3, 0.4) is 0 Å². The van der Waals surface area contributed by atoms with Crippen LogP contribution in [0.1, 0.15) is 41.9 Å². The maximum Gasteiger partial charge on any atom is 0.261 e. The highest BCUT2D eigenvalue weighted by atomic mass is 35.5. The van der Waals surface area contributed by atoms with Crippen molar-refractivity contribution in [3.8, 4) is 0 Å². The standard InChI is InChI=1S/C21H26ClN3O2S.ClH/c1-14(2)25-11-9-15(10-12-25)20(26)24-17-6-4-3-5-16(17)13-23-21(27)18-7-8-19(22)28-18;/h3-8,14-15H,9-13H2,1-2H3,(H,23,27)(H,24,26);1H. The van der Waals surface area contributed by atoms with Crippen LogP contribution in [0.2, 0.25) is 4.34 Å². The third-order valence-electron chi connectivity index (χ3n) is 5.14. The smallest absolute Gasteiger partial charge is 0.261 e. The Kier molecular flexibility index (Phi) is 8.96. The summed E-state index contributed by atoms with van der Waals surface area (Å²) in [7, 11) is 0. The first-order chi connectivity index (χ1) is 13.4. The molecular weight excluding hydrogens is 429 g/mol. The third-order valence-corrected chi connectivity index (χ3v) is 6.37. The molecule has 3 rings (SSSR count). The lowest BCUT2D eigenvalue weighted by Crippen LogP contribution is -2.41. The van der Waals surface area contributed by atoms with Crippen LogP contribution in [0.15, 0.2) is 36.4 Å². The number of nitrogens with one attached hydrogen (secondary N) is 2. The number of anilines is 1. The second kappa shape index (κ2) is 11.0. The van der Waals surface area contributed by atoms with E-state index in [1.54, 1.807) is 12.1 Å². The molecule has 5 nitrogen and oxygen atoms in total. The van der Waals surface area contributed by atoms with Gasteiger partial charge in [-0.1, -0.05) is 29.8 Å². The lowest BCUT2D eigenvalue weighted by atomic mass is 9.95. The molecule has 0 bridgehead atoms. The normalized spacial score (nSPS) is 15.0. The maximum atomic E-state index is 12.7. The Balaban J connectivity index is 0.00000300. The van der Waals surface area contributed by atoms with Gasteiger partial charge in [0.15, 0.2) is 0 Å². The molecule has 8 heteroatoms. The van der Waals surface area contributed by atoms with Crippen molar-refractivity contribution in [2.75, 3.05) is 18.4 Å². The monoisotopic (exact) mass is 455 g/mol. The van der Waals surface area contributed by atoms with E-state index in [-0.39, 0.29) is 30.1 Å². The molecule has 1 fully saturated rings. The average molecular weight is 456 g/mol. The topological polar surface area (TPSA) is 61.4 Å². The van der Waals surface area contributed by atoms with Crippen LogP contribution < -0.4 is 10.6 Å². The second-order valence-corrected chi connectivity index (χ2v) is 9.05. The maximum absolute atomic E-state index is 12.7. The summed E-state index contributed by atoms with van der Waals surface area (Å²) in [5.74, 6) is -0.0720. The first-order valence-corrected chi connectivity index (χ1v) is 10.8. The Hall–Kier alpha value is -1.60. The third kappa shape index (κ3) is 6.44. The first kappa shape index (κ1) is 23.7.